The van der Waals surface area contributed by atoms with Crippen molar-refractivity contribution >= 4 is 37.7 Å². The molecule has 1 aliphatic rings. The van der Waals surface area contributed by atoms with Crippen LogP contribution in [0.2, 0.25) is 0 Å². The lowest BCUT2D eigenvalue weighted by Crippen LogP contribution is -2.45. The molecule has 1 aromatic rings. The summed E-state index contributed by atoms with van der Waals surface area (Å²) in [7, 11) is 4.30. The number of nitrogens with zero attached hydrogens (tertiary/aromatic N) is 3. The monoisotopic (exact) mass is 361 g/mol. The number of piperidine rings is 1. The van der Waals surface area contributed by atoms with E-state index in [0.717, 1.165) is 27.9 Å². The number of aromatic nitrogens is 1. The molecule has 0 spiro atoms. The van der Waals surface area contributed by atoms with E-state index in [1.807, 2.05) is 6.20 Å². The van der Waals surface area contributed by atoms with E-state index in [9.17, 15) is 0 Å². The molecule has 2 rings (SSSR count). The summed E-state index contributed by atoms with van der Waals surface area (Å²) in [5.41, 5.74) is 0. The van der Waals surface area contributed by atoms with Gasteiger partial charge in [-0.1, -0.05) is 0 Å². The number of likely N-dealkylation sites (N-methyl/N-ethyl adjacent to an activating group) is 1. The highest BCUT2D eigenvalue weighted by molar-refractivity contribution is 9.11. The van der Waals surface area contributed by atoms with Crippen molar-refractivity contribution in [3.05, 3.63) is 21.2 Å². The number of anilines is 1. The molecule has 0 N–H and O–H groups in total. The summed E-state index contributed by atoms with van der Waals surface area (Å²) >= 11 is 7.03. The van der Waals surface area contributed by atoms with Crippen LogP contribution in [0.1, 0.15) is 12.8 Å². The molecule has 94 valence electrons. The van der Waals surface area contributed by atoms with E-state index < -0.39 is 0 Å². The van der Waals surface area contributed by atoms with Gasteiger partial charge in [-0.05, 0) is 64.9 Å². The van der Waals surface area contributed by atoms with Gasteiger partial charge in [-0.25, -0.2) is 4.98 Å². The lowest BCUT2D eigenvalue weighted by molar-refractivity contribution is 0.257. The van der Waals surface area contributed by atoms with Gasteiger partial charge in [-0.15, -0.1) is 0 Å². The van der Waals surface area contributed by atoms with Crippen LogP contribution in [-0.2, 0) is 0 Å². The summed E-state index contributed by atoms with van der Waals surface area (Å²) in [6.07, 6.45) is 4.37. The highest BCUT2D eigenvalue weighted by Crippen LogP contribution is 2.29. The van der Waals surface area contributed by atoms with E-state index in [1.54, 1.807) is 0 Å². The molecule has 17 heavy (non-hydrogen) atoms. The first kappa shape index (κ1) is 13.3. The lowest BCUT2D eigenvalue weighted by Gasteiger charge is -2.37. The molecule has 1 aromatic heterocycles. The smallest absolute Gasteiger partial charge is 0.142 e. The van der Waals surface area contributed by atoms with Crippen molar-refractivity contribution in [2.45, 2.75) is 18.9 Å². The molecular formula is C12H17Br2N3. The van der Waals surface area contributed by atoms with E-state index in [2.05, 4.69) is 66.8 Å². The quantitative estimate of drug-likeness (QED) is 0.805. The third-order valence-corrected chi connectivity index (χ3v) is 4.23. The number of hydrogen-bond acceptors (Lipinski definition) is 3. The second-order valence-electron chi connectivity index (χ2n) is 4.66. The van der Waals surface area contributed by atoms with Gasteiger partial charge in [0.15, 0.2) is 0 Å². The first-order valence-electron chi connectivity index (χ1n) is 5.80. The Morgan fingerprint density at radius 1 is 1.41 bits per heavy atom. The minimum Gasteiger partial charge on any atom is -0.354 e. The number of halogens is 2. The lowest BCUT2D eigenvalue weighted by atomic mass is 10.1. The summed E-state index contributed by atoms with van der Waals surface area (Å²) in [6, 6.07) is 2.68. The fourth-order valence-corrected chi connectivity index (χ4v) is 3.45. The van der Waals surface area contributed by atoms with Crippen LogP contribution in [0.4, 0.5) is 5.82 Å². The summed E-state index contributed by atoms with van der Waals surface area (Å²) in [4.78, 5) is 9.18. The Hall–Kier alpha value is -0.130. The molecule has 0 radical (unpaired) electrons. The molecule has 0 amide bonds. The highest BCUT2D eigenvalue weighted by Gasteiger charge is 2.23. The van der Waals surface area contributed by atoms with E-state index in [0.29, 0.717) is 6.04 Å². The SMILES string of the molecule is CN(C)C1CCCN(c2ncc(Br)cc2Br)C1. The molecule has 1 aliphatic heterocycles. The molecule has 1 atom stereocenters. The maximum Gasteiger partial charge on any atom is 0.142 e. The molecule has 0 bridgehead atoms. The molecule has 1 fully saturated rings. The van der Waals surface area contributed by atoms with Crippen molar-refractivity contribution in [2.75, 3.05) is 32.1 Å². The zero-order valence-corrected chi connectivity index (χ0v) is 13.3. The highest BCUT2D eigenvalue weighted by atomic mass is 79.9. The number of pyridine rings is 1. The van der Waals surface area contributed by atoms with E-state index in [-0.39, 0.29) is 0 Å². The van der Waals surface area contributed by atoms with Crippen molar-refractivity contribution in [1.82, 2.24) is 9.88 Å². The fraction of sp³-hybridized carbons (Fsp3) is 0.583. The van der Waals surface area contributed by atoms with Crippen molar-refractivity contribution in [2.24, 2.45) is 0 Å². The van der Waals surface area contributed by atoms with Gasteiger partial charge in [0.25, 0.3) is 0 Å². The van der Waals surface area contributed by atoms with Crippen molar-refractivity contribution in [1.29, 1.82) is 0 Å². The van der Waals surface area contributed by atoms with Gasteiger partial charge in [0.1, 0.15) is 5.82 Å². The number of hydrogen-bond donors (Lipinski definition) is 0. The predicted molar refractivity (Wildman–Crippen MR) is 78.6 cm³/mol. The zero-order chi connectivity index (χ0) is 12.4. The van der Waals surface area contributed by atoms with Crippen LogP contribution in [0.15, 0.2) is 21.2 Å². The third-order valence-electron chi connectivity index (χ3n) is 3.21. The van der Waals surface area contributed by atoms with Crippen LogP contribution in [0.25, 0.3) is 0 Å². The standard InChI is InChI=1S/C12H17Br2N3/c1-16(2)10-4-3-5-17(8-10)12-11(14)6-9(13)7-15-12/h6-7,10H,3-5,8H2,1-2H3. The van der Waals surface area contributed by atoms with Gasteiger partial charge in [0.05, 0.1) is 4.47 Å². The first-order chi connectivity index (χ1) is 8.08. The molecule has 0 aromatic carbocycles. The van der Waals surface area contributed by atoms with E-state index >= 15 is 0 Å². The predicted octanol–water partition coefficient (Wildman–Crippen LogP) is 3.14. The molecule has 0 aliphatic carbocycles. The van der Waals surface area contributed by atoms with Crippen molar-refractivity contribution < 1.29 is 0 Å². The Morgan fingerprint density at radius 2 is 2.18 bits per heavy atom. The van der Waals surface area contributed by atoms with Crippen molar-refractivity contribution in [3.8, 4) is 0 Å². The molecule has 0 saturated carbocycles. The van der Waals surface area contributed by atoms with Crippen LogP contribution in [0.5, 0.6) is 0 Å². The van der Waals surface area contributed by atoms with E-state index in [4.69, 9.17) is 0 Å². The molecule has 1 unspecified atom stereocenters. The van der Waals surface area contributed by atoms with Crippen LogP contribution < -0.4 is 4.90 Å². The fourth-order valence-electron chi connectivity index (χ4n) is 2.21. The zero-order valence-electron chi connectivity index (χ0n) is 10.2. The maximum absolute atomic E-state index is 4.51. The average Bonchev–Trinajstić information content (AvgIpc) is 2.29. The van der Waals surface area contributed by atoms with Gasteiger partial charge in [-0.3, -0.25) is 0 Å². The molecule has 5 heteroatoms. The van der Waals surface area contributed by atoms with Crippen molar-refractivity contribution in [3.63, 3.8) is 0 Å². The summed E-state index contributed by atoms with van der Waals surface area (Å²) in [5, 5.41) is 0. The minimum absolute atomic E-state index is 0.626. The summed E-state index contributed by atoms with van der Waals surface area (Å²) in [6.45, 7) is 2.15. The van der Waals surface area contributed by atoms with E-state index in [1.165, 1.54) is 12.8 Å². The summed E-state index contributed by atoms with van der Waals surface area (Å²) < 4.78 is 2.07. The van der Waals surface area contributed by atoms with Crippen LogP contribution in [-0.4, -0.2) is 43.1 Å². The summed E-state index contributed by atoms with van der Waals surface area (Å²) in [5.74, 6) is 1.06. The third kappa shape index (κ3) is 3.20. The Kier molecular flexibility index (Phi) is 4.44. The Morgan fingerprint density at radius 3 is 2.82 bits per heavy atom. The normalized spacial score (nSPS) is 21.0. The van der Waals surface area contributed by atoms with Gasteiger partial charge in [0.2, 0.25) is 0 Å². The maximum atomic E-state index is 4.51. The second-order valence-corrected chi connectivity index (χ2v) is 6.43. The van der Waals surface area contributed by atoms with Gasteiger partial charge >= 0.3 is 0 Å². The van der Waals surface area contributed by atoms with Gasteiger partial charge in [0, 0.05) is 29.8 Å². The second kappa shape index (κ2) is 5.67. The van der Waals surface area contributed by atoms with Gasteiger partial charge in [-0.2, -0.15) is 0 Å². The number of rotatable bonds is 2. The largest absolute Gasteiger partial charge is 0.354 e. The van der Waals surface area contributed by atoms with Crippen LogP contribution in [0, 0.1) is 0 Å². The minimum atomic E-state index is 0.626. The molecular weight excluding hydrogens is 346 g/mol. The Bertz CT molecular complexity index is 395. The average molecular weight is 363 g/mol. The van der Waals surface area contributed by atoms with Gasteiger partial charge < -0.3 is 9.80 Å². The Balaban J connectivity index is 2.16. The molecule has 2 heterocycles. The van der Waals surface area contributed by atoms with Crippen LogP contribution in [0.3, 0.4) is 0 Å². The molecule has 3 nitrogen and oxygen atoms in total. The van der Waals surface area contributed by atoms with Crippen LogP contribution >= 0.6 is 31.9 Å². The Labute approximate surface area is 119 Å². The first-order valence-corrected chi connectivity index (χ1v) is 7.39. The molecule has 1 saturated heterocycles. The topological polar surface area (TPSA) is 19.4 Å².